The second-order valence-electron chi connectivity index (χ2n) is 0.989. The summed E-state index contributed by atoms with van der Waals surface area (Å²) in [5.41, 5.74) is 0. The van der Waals surface area contributed by atoms with Crippen molar-refractivity contribution in [3.63, 3.8) is 0 Å². The van der Waals surface area contributed by atoms with Gasteiger partial charge in [-0.2, -0.15) is 0 Å². The molecule has 2 nitrogen and oxygen atoms in total. The van der Waals surface area contributed by atoms with Crippen LogP contribution in [0.4, 0.5) is 4.39 Å². The van der Waals surface area contributed by atoms with E-state index in [-0.39, 0.29) is 0 Å². The van der Waals surface area contributed by atoms with Crippen LogP contribution in [0.1, 0.15) is 0 Å². The van der Waals surface area contributed by atoms with E-state index in [0.717, 1.165) is 7.11 Å². The Hall–Kier alpha value is 0.170. The van der Waals surface area contributed by atoms with Gasteiger partial charge in [-0.25, -0.2) is 9.18 Å². The molecule has 48 valence electrons. The molecule has 0 bridgehead atoms. The Kier molecular flexibility index (Phi) is 2.70. The van der Waals surface area contributed by atoms with Crippen LogP contribution in [-0.4, -0.2) is 17.1 Å². The van der Waals surface area contributed by atoms with E-state index in [4.69, 9.17) is 11.6 Å². The molecule has 1 atom stereocenters. The van der Waals surface area contributed by atoms with Crippen LogP contribution in [0.2, 0.25) is 0 Å². The van der Waals surface area contributed by atoms with Crippen molar-refractivity contribution in [2.24, 2.45) is 0 Å². The van der Waals surface area contributed by atoms with Crippen molar-refractivity contribution in [2.75, 3.05) is 7.11 Å². The van der Waals surface area contributed by atoms with E-state index in [0.29, 0.717) is 0 Å². The van der Waals surface area contributed by atoms with E-state index in [1.807, 2.05) is 0 Å². The normalized spacial score (nSPS) is 17.0. The topological polar surface area (TPSA) is 26.3 Å². The predicted octanol–water partition coefficient (Wildman–Crippen LogP) is 1.42. The van der Waals surface area contributed by atoms with E-state index >= 15 is 0 Å². The highest BCUT2D eigenvalue weighted by atomic mass is 79.9. The standard InChI is InChI=1S/C3H3BrClFO2/c1-8-2(7)3(4,5)6/h1H3/t3-/m1/s1. The Morgan fingerprint density at radius 1 is 2.00 bits per heavy atom. The minimum Gasteiger partial charge on any atom is -0.465 e. The van der Waals surface area contributed by atoms with Crippen LogP contribution in [0.3, 0.4) is 0 Å². The third-order valence-corrected chi connectivity index (χ3v) is 0.895. The maximum Gasteiger partial charge on any atom is 0.371 e. The number of alkyl halides is 3. The third kappa shape index (κ3) is 2.47. The van der Waals surface area contributed by atoms with Gasteiger partial charge in [-0.15, -0.1) is 0 Å². The fraction of sp³-hybridized carbons (Fsp3) is 0.667. The first kappa shape index (κ1) is 8.17. The number of ether oxygens (including phenoxy) is 1. The van der Waals surface area contributed by atoms with Crippen LogP contribution in [0.15, 0.2) is 0 Å². The van der Waals surface area contributed by atoms with Gasteiger partial charge < -0.3 is 4.74 Å². The molecule has 0 saturated carbocycles. The van der Waals surface area contributed by atoms with Crippen LogP contribution in [0.25, 0.3) is 0 Å². The first-order valence-electron chi connectivity index (χ1n) is 1.63. The lowest BCUT2D eigenvalue weighted by molar-refractivity contribution is -0.144. The fourth-order valence-corrected chi connectivity index (χ4v) is 0.355. The minimum absolute atomic E-state index is 1.04. The van der Waals surface area contributed by atoms with Crippen molar-refractivity contribution in [3.8, 4) is 0 Å². The summed E-state index contributed by atoms with van der Waals surface area (Å²) in [5, 5.41) is 0. The molecule has 0 unspecified atom stereocenters. The van der Waals surface area contributed by atoms with Gasteiger partial charge in [0.1, 0.15) is 0 Å². The Balaban J connectivity index is 3.82. The Bertz CT molecular complexity index is 99.9. The zero-order valence-corrected chi connectivity index (χ0v) is 6.29. The summed E-state index contributed by atoms with van der Waals surface area (Å²) < 4.78 is 13.3. The Morgan fingerprint density at radius 2 is 2.38 bits per heavy atom. The van der Waals surface area contributed by atoms with Gasteiger partial charge in [0.15, 0.2) is 0 Å². The molecule has 0 aliphatic carbocycles. The summed E-state index contributed by atoms with van der Waals surface area (Å²) >= 11 is 6.99. The van der Waals surface area contributed by atoms with E-state index in [2.05, 4.69) is 20.7 Å². The summed E-state index contributed by atoms with van der Waals surface area (Å²) in [6, 6.07) is 0. The van der Waals surface area contributed by atoms with Crippen molar-refractivity contribution < 1.29 is 13.9 Å². The minimum atomic E-state index is -2.57. The van der Waals surface area contributed by atoms with E-state index in [1.165, 1.54) is 0 Å². The summed E-state index contributed by atoms with van der Waals surface area (Å²) in [6.45, 7) is 0. The van der Waals surface area contributed by atoms with Gasteiger partial charge in [0.05, 0.1) is 7.11 Å². The quantitative estimate of drug-likeness (QED) is 0.478. The molecule has 5 heteroatoms. The monoisotopic (exact) mass is 204 g/mol. The number of carbonyl (C=O) groups excluding carboxylic acids is 1. The van der Waals surface area contributed by atoms with E-state index < -0.39 is 10.0 Å². The van der Waals surface area contributed by atoms with E-state index in [1.54, 1.807) is 0 Å². The Morgan fingerprint density at radius 3 is 2.38 bits per heavy atom. The van der Waals surface area contributed by atoms with Crippen molar-refractivity contribution in [1.82, 2.24) is 0 Å². The molecule has 0 N–H and O–H groups in total. The van der Waals surface area contributed by atoms with Crippen LogP contribution in [-0.2, 0) is 9.53 Å². The molecule has 0 saturated heterocycles. The molecular formula is C3H3BrClFO2. The zero-order chi connectivity index (χ0) is 6.78. The zero-order valence-electron chi connectivity index (χ0n) is 3.95. The van der Waals surface area contributed by atoms with Gasteiger partial charge in [0.2, 0.25) is 0 Å². The summed E-state index contributed by atoms with van der Waals surface area (Å²) in [4.78, 5) is 10.1. The number of carbonyl (C=O) groups is 1. The first-order valence-corrected chi connectivity index (χ1v) is 2.80. The molecular weight excluding hydrogens is 202 g/mol. The SMILES string of the molecule is COC(=O)[C@](F)(Cl)Br. The average molecular weight is 205 g/mol. The lowest BCUT2D eigenvalue weighted by atomic mass is 10.8. The molecule has 8 heavy (non-hydrogen) atoms. The summed E-state index contributed by atoms with van der Waals surface area (Å²) in [7, 11) is 1.04. The number of esters is 1. The molecule has 0 heterocycles. The van der Waals surface area contributed by atoms with Crippen LogP contribution in [0.5, 0.6) is 0 Å². The maximum absolute atomic E-state index is 12.0. The van der Waals surface area contributed by atoms with Crippen LogP contribution in [0, 0.1) is 0 Å². The molecule has 0 aromatic heterocycles. The average Bonchev–Trinajstić information content (AvgIpc) is 1.62. The predicted molar refractivity (Wildman–Crippen MR) is 30.6 cm³/mol. The van der Waals surface area contributed by atoms with Gasteiger partial charge in [0.25, 0.3) is 0 Å². The van der Waals surface area contributed by atoms with Crippen molar-refractivity contribution in [2.45, 2.75) is 4.04 Å². The maximum atomic E-state index is 12.0. The molecule has 0 aliphatic rings. The molecule has 0 aromatic carbocycles. The summed E-state index contributed by atoms with van der Waals surface area (Å²) in [6.07, 6.45) is 0. The molecule has 0 radical (unpaired) electrons. The number of hydrogen-bond acceptors (Lipinski definition) is 2. The van der Waals surface area contributed by atoms with Gasteiger partial charge in [0, 0.05) is 0 Å². The largest absolute Gasteiger partial charge is 0.465 e. The van der Waals surface area contributed by atoms with Gasteiger partial charge in [-0.1, -0.05) is 11.6 Å². The highest BCUT2D eigenvalue weighted by Crippen LogP contribution is 2.25. The lowest BCUT2D eigenvalue weighted by Gasteiger charge is -2.03. The lowest BCUT2D eigenvalue weighted by Crippen LogP contribution is -2.20. The highest BCUT2D eigenvalue weighted by Gasteiger charge is 2.33. The molecule has 0 spiro atoms. The number of methoxy groups -OCH3 is 1. The molecule has 0 amide bonds. The highest BCUT2D eigenvalue weighted by molar-refractivity contribution is 9.10. The smallest absolute Gasteiger partial charge is 0.371 e. The molecule has 0 aromatic rings. The second-order valence-corrected chi connectivity index (χ2v) is 3.06. The van der Waals surface area contributed by atoms with Gasteiger partial charge in [-0.3, -0.25) is 0 Å². The number of rotatable bonds is 1. The van der Waals surface area contributed by atoms with Gasteiger partial charge >= 0.3 is 10.0 Å². The number of halogens is 3. The van der Waals surface area contributed by atoms with Crippen molar-refractivity contribution in [1.29, 1.82) is 0 Å². The summed E-state index contributed by atoms with van der Waals surface area (Å²) in [5.74, 6) is -1.15. The van der Waals surface area contributed by atoms with E-state index in [9.17, 15) is 9.18 Å². The molecule has 0 aliphatic heterocycles. The van der Waals surface area contributed by atoms with Crippen LogP contribution >= 0.6 is 27.5 Å². The van der Waals surface area contributed by atoms with Crippen molar-refractivity contribution >= 4 is 33.5 Å². The third-order valence-electron chi connectivity index (χ3n) is 0.417. The van der Waals surface area contributed by atoms with Crippen molar-refractivity contribution in [3.05, 3.63) is 0 Å². The van der Waals surface area contributed by atoms with Gasteiger partial charge in [-0.05, 0) is 15.9 Å². The Labute approximate surface area is 59.1 Å². The van der Waals surface area contributed by atoms with Crippen LogP contribution < -0.4 is 0 Å². The first-order chi connectivity index (χ1) is 3.48. The molecule has 0 rings (SSSR count). The number of hydrogen-bond donors (Lipinski definition) is 0. The fourth-order valence-electron chi connectivity index (χ4n) is 0.116. The second kappa shape index (κ2) is 2.64. The molecule has 0 fully saturated rings.